The van der Waals surface area contributed by atoms with Crippen LogP contribution >= 0.6 is 12.4 Å². The fraction of sp³-hybridized carbons (Fsp3) is 0.222. The molecule has 0 aliphatic rings. The molecule has 0 saturated carbocycles. The van der Waals surface area contributed by atoms with Gasteiger partial charge in [-0.2, -0.15) is 4.68 Å². The highest BCUT2D eigenvalue weighted by Gasteiger charge is 2.07. The van der Waals surface area contributed by atoms with Crippen molar-refractivity contribution in [2.45, 2.75) is 13.5 Å². The van der Waals surface area contributed by atoms with Crippen LogP contribution in [0, 0.1) is 12.7 Å². The average molecular weight is 244 g/mol. The maximum absolute atomic E-state index is 13.3. The Kier molecular flexibility index (Phi) is 3.92. The third-order valence-corrected chi connectivity index (χ3v) is 2.12. The van der Waals surface area contributed by atoms with Gasteiger partial charge >= 0.3 is 0 Å². The van der Waals surface area contributed by atoms with E-state index >= 15 is 0 Å². The van der Waals surface area contributed by atoms with E-state index in [0.717, 1.165) is 0 Å². The van der Waals surface area contributed by atoms with Gasteiger partial charge in [0.15, 0.2) is 5.82 Å². The normalized spacial score (nSPS) is 9.94. The summed E-state index contributed by atoms with van der Waals surface area (Å²) in [5.74, 6) is 0.212. The molecule has 1 heterocycles. The van der Waals surface area contributed by atoms with Crippen LogP contribution in [0.4, 0.5) is 4.39 Å². The predicted octanol–water partition coefficient (Wildman–Crippen LogP) is 0.990. The van der Waals surface area contributed by atoms with Crippen LogP contribution in [-0.4, -0.2) is 20.2 Å². The van der Waals surface area contributed by atoms with Crippen molar-refractivity contribution in [3.63, 3.8) is 0 Å². The second-order valence-corrected chi connectivity index (χ2v) is 3.14. The molecule has 1 aromatic carbocycles. The van der Waals surface area contributed by atoms with Gasteiger partial charge in [-0.3, -0.25) is 0 Å². The molecule has 5 nitrogen and oxygen atoms in total. The third-order valence-electron chi connectivity index (χ3n) is 2.12. The number of hydrogen-bond acceptors (Lipinski definition) is 4. The zero-order chi connectivity index (χ0) is 10.8. The van der Waals surface area contributed by atoms with E-state index in [1.807, 2.05) is 0 Å². The Bertz CT molecular complexity index is 485. The highest BCUT2D eigenvalue weighted by Crippen LogP contribution is 2.13. The van der Waals surface area contributed by atoms with Gasteiger partial charge in [-0.1, -0.05) is 6.07 Å². The Balaban J connectivity index is 0.00000128. The molecule has 0 aliphatic carbocycles. The van der Waals surface area contributed by atoms with Gasteiger partial charge in [0.2, 0.25) is 0 Å². The number of halogens is 2. The summed E-state index contributed by atoms with van der Waals surface area (Å²) in [6.45, 7) is 1.91. The molecule has 0 unspecified atom stereocenters. The van der Waals surface area contributed by atoms with Crippen LogP contribution in [0.3, 0.4) is 0 Å². The molecule has 0 amide bonds. The summed E-state index contributed by atoms with van der Waals surface area (Å²) < 4.78 is 14.7. The number of benzene rings is 1. The lowest BCUT2D eigenvalue weighted by atomic mass is 10.2. The lowest BCUT2D eigenvalue weighted by Gasteiger charge is -2.03. The van der Waals surface area contributed by atoms with Crippen LogP contribution in [0.25, 0.3) is 5.69 Å². The van der Waals surface area contributed by atoms with Crippen molar-refractivity contribution in [2.75, 3.05) is 0 Å². The van der Waals surface area contributed by atoms with Crippen molar-refractivity contribution < 1.29 is 4.39 Å². The van der Waals surface area contributed by atoms with Crippen molar-refractivity contribution in [1.29, 1.82) is 0 Å². The fourth-order valence-electron chi connectivity index (χ4n) is 1.25. The molecule has 0 bridgehead atoms. The molecule has 0 saturated heterocycles. The first-order valence-electron chi connectivity index (χ1n) is 4.46. The SMILES string of the molecule is Cc1ccc(-n2nnnc2CN)cc1F.Cl. The molecule has 0 fully saturated rings. The highest BCUT2D eigenvalue weighted by atomic mass is 35.5. The van der Waals surface area contributed by atoms with Crippen LogP contribution in [0.1, 0.15) is 11.4 Å². The van der Waals surface area contributed by atoms with Gasteiger partial charge in [-0.05, 0) is 35.0 Å². The molecular weight excluding hydrogens is 233 g/mol. The number of hydrogen-bond donors (Lipinski definition) is 1. The predicted molar refractivity (Wildman–Crippen MR) is 59.0 cm³/mol. The lowest BCUT2D eigenvalue weighted by Crippen LogP contribution is -2.08. The van der Waals surface area contributed by atoms with E-state index in [1.54, 1.807) is 19.1 Å². The van der Waals surface area contributed by atoms with E-state index in [1.165, 1.54) is 10.7 Å². The molecule has 0 atom stereocenters. The maximum atomic E-state index is 13.3. The van der Waals surface area contributed by atoms with E-state index in [4.69, 9.17) is 5.73 Å². The molecular formula is C9H11ClFN5. The average Bonchev–Trinajstić information content (AvgIpc) is 2.70. The molecule has 7 heteroatoms. The quantitative estimate of drug-likeness (QED) is 0.854. The van der Waals surface area contributed by atoms with Crippen LogP contribution in [0.5, 0.6) is 0 Å². The number of nitrogens with two attached hydrogens (primary N) is 1. The van der Waals surface area contributed by atoms with Crippen molar-refractivity contribution in [2.24, 2.45) is 5.73 Å². The topological polar surface area (TPSA) is 69.6 Å². The number of rotatable bonds is 2. The second-order valence-electron chi connectivity index (χ2n) is 3.14. The molecule has 2 aromatic rings. The summed E-state index contributed by atoms with van der Waals surface area (Å²) in [7, 11) is 0. The fourth-order valence-corrected chi connectivity index (χ4v) is 1.25. The van der Waals surface area contributed by atoms with Crippen LogP contribution in [0.15, 0.2) is 18.2 Å². The Hall–Kier alpha value is -1.53. The largest absolute Gasteiger partial charge is 0.324 e. The summed E-state index contributed by atoms with van der Waals surface area (Å²) in [4.78, 5) is 0. The van der Waals surface area contributed by atoms with Crippen molar-refractivity contribution in [1.82, 2.24) is 20.2 Å². The van der Waals surface area contributed by atoms with E-state index in [2.05, 4.69) is 15.5 Å². The van der Waals surface area contributed by atoms with Crippen LogP contribution in [0.2, 0.25) is 0 Å². The first-order valence-corrected chi connectivity index (χ1v) is 4.46. The highest BCUT2D eigenvalue weighted by molar-refractivity contribution is 5.85. The molecule has 16 heavy (non-hydrogen) atoms. The van der Waals surface area contributed by atoms with Gasteiger partial charge in [-0.25, -0.2) is 4.39 Å². The van der Waals surface area contributed by atoms with Crippen LogP contribution in [-0.2, 0) is 6.54 Å². The van der Waals surface area contributed by atoms with Crippen molar-refractivity contribution in [3.05, 3.63) is 35.4 Å². The Labute approximate surface area is 97.9 Å². The summed E-state index contributed by atoms with van der Waals surface area (Å²) in [5, 5.41) is 10.9. The molecule has 2 rings (SSSR count). The molecule has 2 N–H and O–H groups in total. The first-order chi connectivity index (χ1) is 7.22. The zero-order valence-corrected chi connectivity index (χ0v) is 9.41. The molecule has 0 radical (unpaired) electrons. The van der Waals surface area contributed by atoms with Gasteiger partial charge in [0, 0.05) is 0 Å². The monoisotopic (exact) mass is 243 g/mol. The molecule has 0 spiro atoms. The Morgan fingerprint density at radius 3 is 2.81 bits per heavy atom. The van der Waals surface area contributed by atoms with Crippen molar-refractivity contribution in [3.8, 4) is 5.69 Å². The minimum absolute atomic E-state index is 0. The van der Waals surface area contributed by atoms with Gasteiger partial charge in [0.25, 0.3) is 0 Å². The number of aromatic nitrogens is 4. The van der Waals surface area contributed by atoms with E-state index in [9.17, 15) is 4.39 Å². The van der Waals surface area contributed by atoms with E-state index in [-0.39, 0.29) is 24.8 Å². The summed E-state index contributed by atoms with van der Waals surface area (Å²) in [5.41, 5.74) is 6.60. The van der Waals surface area contributed by atoms with Crippen LogP contribution < -0.4 is 5.73 Å². The lowest BCUT2D eigenvalue weighted by molar-refractivity contribution is 0.614. The number of tetrazole rings is 1. The Morgan fingerprint density at radius 1 is 1.44 bits per heavy atom. The van der Waals surface area contributed by atoms with E-state index < -0.39 is 0 Å². The minimum atomic E-state index is -0.286. The number of nitrogens with zero attached hydrogens (tertiary/aromatic N) is 4. The first kappa shape index (κ1) is 12.5. The summed E-state index contributed by atoms with van der Waals surface area (Å²) >= 11 is 0. The third kappa shape index (κ3) is 2.17. The van der Waals surface area contributed by atoms with E-state index in [0.29, 0.717) is 17.1 Å². The maximum Gasteiger partial charge on any atom is 0.170 e. The summed E-state index contributed by atoms with van der Waals surface area (Å²) in [6.07, 6.45) is 0. The van der Waals surface area contributed by atoms with Gasteiger partial charge in [-0.15, -0.1) is 17.5 Å². The molecule has 86 valence electrons. The minimum Gasteiger partial charge on any atom is -0.324 e. The molecule has 0 aliphatic heterocycles. The summed E-state index contributed by atoms with van der Waals surface area (Å²) in [6, 6.07) is 4.80. The van der Waals surface area contributed by atoms with Gasteiger partial charge in [0.1, 0.15) is 5.82 Å². The van der Waals surface area contributed by atoms with Crippen molar-refractivity contribution >= 4 is 12.4 Å². The van der Waals surface area contributed by atoms with Gasteiger partial charge in [0.05, 0.1) is 12.2 Å². The zero-order valence-electron chi connectivity index (χ0n) is 8.59. The second kappa shape index (κ2) is 5.00. The van der Waals surface area contributed by atoms with Gasteiger partial charge < -0.3 is 5.73 Å². The smallest absolute Gasteiger partial charge is 0.170 e. The standard InChI is InChI=1S/C9H10FN5.ClH/c1-6-2-3-7(4-8(6)10)15-9(5-11)12-13-14-15;/h2-4H,5,11H2,1H3;1H. The number of aryl methyl sites for hydroxylation is 1. The Morgan fingerprint density at radius 2 is 2.19 bits per heavy atom. The molecule has 1 aromatic heterocycles.